The van der Waals surface area contributed by atoms with Gasteiger partial charge in [-0.2, -0.15) is 0 Å². The van der Waals surface area contributed by atoms with Crippen molar-refractivity contribution in [2.24, 2.45) is 5.92 Å². The molecular formula is C14H15BrFNO3. The number of nitrogens with zero attached hydrogens (tertiary/aromatic N) is 1. The number of benzene rings is 1. The van der Waals surface area contributed by atoms with E-state index in [0.717, 1.165) is 0 Å². The van der Waals surface area contributed by atoms with Gasteiger partial charge in [0.15, 0.2) is 0 Å². The molecule has 1 aromatic carbocycles. The molecule has 1 aliphatic rings. The first-order chi connectivity index (χ1) is 9.41. The topological polar surface area (TPSA) is 46.6 Å². The van der Waals surface area contributed by atoms with Gasteiger partial charge in [-0.05, 0) is 34.0 Å². The third-order valence-corrected chi connectivity index (χ3v) is 3.53. The van der Waals surface area contributed by atoms with Crippen LogP contribution in [0, 0.1) is 11.7 Å². The molecule has 0 saturated heterocycles. The highest BCUT2D eigenvalue weighted by molar-refractivity contribution is 9.10. The van der Waals surface area contributed by atoms with Crippen molar-refractivity contribution in [3.63, 3.8) is 0 Å². The van der Waals surface area contributed by atoms with Crippen molar-refractivity contribution in [1.82, 2.24) is 0 Å². The molecule has 0 radical (unpaired) electrons. The van der Waals surface area contributed by atoms with Crippen molar-refractivity contribution in [3.05, 3.63) is 28.0 Å². The van der Waals surface area contributed by atoms with Crippen molar-refractivity contribution in [2.75, 3.05) is 24.7 Å². The van der Waals surface area contributed by atoms with Crippen LogP contribution in [-0.2, 0) is 9.53 Å². The van der Waals surface area contributed by atoms with Gasteiger partial charge in [0.25, 0.3) is 11.7 Å². The minimum Gasteiger partial charge on any atom is -0.379 e. The van der Waals surface area contributed by atoms with E-state index >= 15 is 0 Å². The van der Waals surface area contributed by atoms with Crippen molar-refractivity contribution < 1.29 is 18.7 Å². The summed E-state index contributed by atoms with van der Waals surface area (Å²) in [7, 11) is 0. The molecule has 0 aromatic heterocycles. The molecule has 108 valence electrons. The first-order valence-electron chi connectivity index (χ1n) is 6.34. The number of rotatable bonds is 5. The summed E-state index contributed by atoms with van der Waals surface area (Å²) in [6.07, 6.45) is 0. The standard InChI is InChI=1S/C14H15BrFNO3/c1-8(2)7-20-4-3-17-12-6-11(16)10(15)5-9(12)13(18)14(17)19/h5-6,8H,3-4,7H2,1-2H3. The van der Waals surface area contributed by atoms with Gasteiger partial charge in [-0.3, -0.25) is 9.59 Å². The molecule has 6 heteroatoms. The summed E-state index contributed by atoms with van der Waals surface area (Å²) < 4.78 is 19.1. The molecule has 0 atom stereocenters. The fraction of sp³-hybridized carbons (Fsp3) is 0.429. The van der Waals surface area contributed by atoms with Crippen molar-refractivity contribution in [2.45, 2.75) is 13.8 Å². The molecule has 1 aromatic rings. The summed E-state index contributed by atoms with van der Waals surface area (Å²) in [6.45, 7) is 5.18. The normalized spacial score (nSPS) is 14.3. The number of ether oxygens (including phenoxy) is 1. The Bertz CT molecular complexity index is 560. The van der Waals surface area contributed by atoms with Crippen LogP contribution in [-0.4, -0.2) is 31.4 Å². The largest absolute Gasteiger partial charge is 0.379 e. The second-order valence-corrected chi connectivity index (χ2v) is 5.89. The predicted molar refractivity (Wildman–Crippen MR) is 76.4 cm³/mol. The molecule has 0 unspecified atom stereocenters. The van der Waals surface area contributed by atoms with E-state index in [-0.39, 0.29) is 16.6 Å². The van der Waals surface area contributed by atoms with Crippen LogP contribution < -0.4 is 4.90 Å². The smallest absolute Gasteiger partial charge is 0.299 e. The molecule has 1 aliphatic heterocycles. The zero-order valence-electron chi connectivity index (χ0n) is 11.3. The van der Waals surface area contributed by atoms with E-state index in [2.05, 4.69) is 15.9 Å². The van der Waals surface area contributed by atoms with E-state index in [1.165, 1.54) is 17.0 Å². The van der Waals surface area contributed by atoms with Crippen LogP contribution in [0.3, 0.4) is 0 Å². The number of anilines is 1. The molecular weight excluding hydrogens is 329 g/mol. The third kappa shape index (κ3) is 2.91. The Labute approximate surface area is 125 Å². The lowest BCUT2D eigenvalue weighted by atomic mass is 10.1. The molecule has 0 fully saturated rings. The summed E-state index contributed by atoms with van der Waals surface area (Å²) in [6, 6.07) is 2.55. The van der Waals surface area contributed by atoms with Crippen LogP contribution in [0.4, 0.5) is 10.1 Å². The maximum absolute atomic E-state index is 13.6. The van der Waals surface area contributed by atoms with Crippen molar-refractivity contribution >= 4 is 33.3 Å². The number of ketones is 1. The molecule has 0 spiro atoms. The van der Waals surface area contributed by atoms with Crippen LogP contribution in [0.15, 0.2) is 16.6 Å². The maximum Gasteiger partial charge on any atom is 0.299 e. The molecule has 0 N–H and O–H groups in total. The molecule has 0 bridgehead atoms. The quantitative estimate of drug-likeness (QED) is 0.610. The first kappa shape index (κ1) is 15.1. The Hall–Kier alpha value is -1.27. The Balaban J connectivity index is 2.14. The Morgan fingerprint density at radius 3 is 2.70 bits per heavy atom. The SMILES string of the molecule is CC(C)COCCN1C(=O)C(=O)c2cc(Br)c(F)cc21. The summed E-state index contributed by atoms with van der Waals surface area (Å²) in [5, 5.41) is 0. The van der Waals surface area contributed by atoms with Crippen LogP contribution in [0.5, 0.6) is 0 Å². The number of amides is 1. The van der Waals surface area contributed by atoms with Gasteiger partial charge in [0, 0.05) is 13.2 Å². The summed E-state index contributed by atoms with van der Waals surface area (Å²) in [4.78, 5) is 25.0. The third-order valence-electron chi connectivity index (χ3n) is 2.92. The highest BCUT2D eigenvalue weighted by atomic mass is 79.9. The number of carbonyl (C=O) groups excluding carboxylic acids is 2. The van der Waals surface area contributed by atoms with Gasteiger partial charge in [0.2, 0.25) is 0 Å². The summed E-state index contributed by atoms with van der Waals surface area (Å²) in [5.74, 6) is -1.35. The number of carbonyl (C=O) groups is 2. The molecule has 1 amide bonds. The van der Waals surface area contributed by atoms with E-state index in [1.54, 1.807) is 0 Å². The number of hydrogen-bond donors (Lipinski definition) is 0. The summed E-state index contributed by atoms with van der Waals surface area (Å²) >= 11 is 3.01. The van der Waals surface area contributed by atoms with Gasteiger partial charge in [-0.1, -0.05) is 13.8 Å². The van der Waals surface area contributed by atoms with E-state index in [4.69, 9.17) is 4.74 Å². The zero-order chi connectivity index (χ0) is 14.9. The fourth-order valence-electron chi connectivity index (χ4n) is 1.99. The van der Waals surface area contributed by atoms with E-state index in [9.17, 15) is 14.0 Å². The molecule has 0 saturated carbocycles. The van der Waals surface area contributed by atoms with Gasteiger partial charge >= 0.3 is 0 Å². The second kappa shape index (κ2) is 6.01. The van der Waals surface area contributed by atoms with Gasteiger partial charge in [0.1, 0.15) is 5.82 Å². The first-order valence-corrected chi connectivity index (χ1v) is 7.14. The lowest BCUT2D eigenvalue weighted by molar-refractivity contribution is -0.114. The number of fused-ring (bicyclic) bond motifs is 1. The molecule has 1 heterocycles. The van der Waals surface area contributed by atoms with Crippen LogP contribution in [0.25, 0.3) is 0 Å². The van der Waals surface area contributed by atoms with Crippen molar-refractivity contribution in [3.8, 4) is 0 Å². The van der Waals surface area contributed by atoms with Crippen LogP contribution >= 0.6 is 15.9 Å². The lowest BCUT2D eigenvalue weighted by Gasteiger charge is -2.17. The average molecular weight is 344 g/mol. The molecule has 20 heavy (non-hydrogen) atoms. The minimum absolute atomic E-state index is 0.176. The minimum atomic E-state index is -0.634. The fourth-order valence-corrected chi connectivity index (χ4v) is 2.33. The number of Topliss-reactive ketones (excluding diaryl/α,β-unsaturated/α-hetero) is 1. The highest BCUT2D eigenvalue weighted by Crippen LogP contribution is 2.33. The number of hydrogen-bond acceptors (Lipinski definition) is 3. The Morgan fingerprint density at radius 2 is 2.05 bits per heavy atom. The number of halogens is 2. The molecule has 2 rings (SSSR count). The Kier molecular flexibility index (Phi) is 4.55. The highest BCUT2D eigenvalue weighted by Gasteiger charge is 2.36. The monoisotopic (exact) mass is 343 g/mol. The average Bonchev–Trinajstić information content (AvgIpc) is 2.60. The van der Waals surface area contributed by atoms with Gasteiger partial charge < -0.3 is 9.64 Å². The van der Waals surface area contributed by atoms with Crippen LogP contribution in [0.2, 0.25) is 0 Å². The van der Waals surface area contributed by atoms with E-state index in [0.29, 0.717) is 24.8 Å². The van der Waals surface area contributed by atoms with Crippen molar-refractivity contribution in [1.29, 1.82) is 0 Å². The van der Waals surface area contributed by atoms with Crippen LogP contribution in [0.1, 0.15) is 24.2 Å². The Morgan fingerprint density at radius 1 is 1.35 bits per heavy atom. The lowest BCUT2D eigenvalue weighted by Crippen LogP contribution is -2.33. The zero-order valence-corrected chi connectivity index (χ0v) is 12.9. The second-order valence-electron chi connectivity index (χ2n) is 5.04. The molecule has 0 aliphatic carbocycles. The summed E-state index contributed by atoms with van der Waals surface area (Å²) in [5.41, 5.74) is 0.543. The van der Waals surface area contributed by atoms with Gasteiger partial charge in [-0.15, -0.1) is 0 Å². The van der Waals surface area contributed by atoms with E-state index in [1.807, 2.05) is 13.8 Å². The van der Waals surface area contributed by atoms with E-state index < -0.39 is 17.5 Å². The predicted octanol–water partition coefficient (Wildman–Crippen LogP) is 2.79. The van der Waals surface area contributed by atoms with Gasteiger partial charge in [0.05, 0.1) is 22.3 Å². The molecule has 4 nitrogen and oxygen atoms in total. The van der Waals surface area contributed by atoms with Gasteiger partial charge in [-0.25, -0.2) is 4.39 Å². The maximum atomic E-state index is 13.6.